The zero-order valence-electron chi connectivity index (χ0n) is 12.7. The summed E-state index contributed by atoms with van der Waals surface area (Å²) in [6, 6.07) is 0.136. The van der Waals surface area contributed by atoms with E-state index >= 15 is 0 Å². The van der Waals surface area contributed by atoms with Crippen molar-refractivity contribution in [2.24, 2.45) is 11.1 Å². The number of ketones is 1. The van der Waals surface area contributed by atoms with E-state index in [2.05, 4.69) is 30.9 Å². The van der Waals surface area contributed by atoms with Gasteiger partial charge in [-0.1, -0.05) is 20.8 Å². The molecule has 0 aliphatic rings. The smallest absolute Gasteiger partial charge is 0.142 e. The highest BCUT2D eigenvalue weighted by atomic mass is 16.1. The Bertz CT molecular complexity index is 417. The van der Waals surface area contributed by atoms with Crippen molar-refractivity contribution in [3.63, 3.8) is 0 Å². The van der Waals surface area contributed by atoms with Crippen LogP contribution in [0.5, 0.6) is 0 Å². The third-order valence-corrected chi connectivity index (χ3v) is 2.86. The fourth-order valence-corrected chi connectivity index (χ4v) is 2.23. The first-order valence-electron chi connectivity index (χ1n) is 6.84. The molecule has 0 spiro atoms. The van der Waals surface area contributed by atoms with E-state index in [1.54, 1.807) is 4.68 Å². The number of hydrogen-bond donors (Lipinski definition) is 1. The lowest BCUT2D eigenvalue weighted by Gasteiger charge is -2.22. The van der Waals surface area contributed by atoms with E-state index in [1.165, 1.54) is 6.33 Å². The maximum Gasteiger partial charge on any atom is 0.142 e. The minimum absolute atomic E-state index is 0.0806. The van der Waals surface area contributed by atoms with Gasteiger partial charge in [-0.05, 0) is 25.7 Å². The van der Waals surface area contributed by atoms with Gasteiger partial charge in [0.15, 0.2) is 0 Å². The van der Waals surface area contributed by atoms with Gasteiger partial charge in [-0.25, -0.2) is 9.67 Å². The van der Waals surface area contributed by atoms with Gasteiger partial charge in [0.25, 0.3) is 0 Å². The zero-order valence-corrected chi connectivity index (χ0v) is 12.7. The highest BCUT2D eigenvalue weighted by molar-refractivity contribution is 5.80. The van der Waals surface area contributed by atoms with E-state index in [0.717, 1.165) is 12.2 Å². The molecule has 108 valence electrons. The number of Topliss-reactive ketones (excluding diaryl/α,β-unsaturated/α-hetero) is 1. The van der Waals surface area contributed by atoms with Crippen LogP contribution in [0.3, 0.4) is 0 Å². The highest BCUT2D eigenvalue weighted by Gasteiger charge is 2.19. The van der Waals surface area contributed by atoms with Gasteiger partial charge < -0.3 is 5.73 Å². The Morgan fingerprint density at radius 1 is 1.42 bits per heavy atom. The predicted molar refractivity (Wildman–Crippen MR) is 75.8 cm³/mol. The summed E-state index contributed by atoms with van der Waals surface area (Å²) in [6.45, 7) is 10.4. The topological polar surface area (TPSA) is 73.8 Å². The number of carbonyl (C=O) groups is 1. The summed E-state index contributed by atoms with van der Waals surface area (Å²) < 4.78 is 1.78. The second-order valence-corrected chi connectivity index (χ2v) is 6.66. The van der Waals surface area contributed by atoms with Crippen LogP contribution < -0.4 is 5.73 Å². The molecule has 5 nitrogen and oxygen atoms in total. The number of aromatic nitrogens is 3. The lowest BCUT2D eigenvalue weighted by molar-refractivity contribution is -0.119. The van der Waals surface area contributed by atoms with Gasteiger partial charge in [0, 0.05) is 18.5 Å². The zero-order chi connectivity index (χ0) is 14.6. The molecule has 1 rings (SSSR count). The molecule has 0 aromatic carbocycles. The van der Waals surface area contributed by atoms with Crippen molar-refractivity contribution in [1.82, 2.24) is 14.8 Å². The van der Waals surface area contributed by atoms with Crippen LogP contribution in [0.1, 0.15) is 59.3 Å². The molecule has 0 fully saturated rings. The lowest BCUT2D eigenvalue weighted by Crippen LogP contribution is -2.29. The molecule has 19 heavy (non-hydrogen) atoms. The Morgan fingerprint density at radius 2 is 2.05 bits per heavy atom. The molecular weight excluding hydrogens is 240 g/mol. The molecule has 1 atom stereocenters. The number of carbonyl (C=O) groups excluding carboxylic acids is 1. The van der Waals surface area contributed by atoms with Crippen LogP contribution in [0.25, 0.3) is 0 Å². The molecule has 1 aromatic heterocycles. The summed E-state index contributed by atoms with van der Waals surface area (Å²) in [5.74, 6) is 0.856. The van der Waals surface area contributed by atoms with Gasteiger partial charge in [-0.15, -0.1) is 0 Å². The summed E-state index contributed by atoms with van der Waals surface area (Å²) in [4.78, 5) is 16.2. The molecule has 0 aliphatic heterocycles. The first-order chi connectivity index (χ1) is 8.69. The molecule has 2 N–H and O–H groups in total. The molecule has 0 saturated carbocycles. The van der Waals surface area contributed by atoms with E-state index < -0.39 is 0 Å². The number of hydrogen-bond acceptors (Lipinski definition) is 4. The molecular formula is C14H26N4O. The van der Waals surface area contributed by atoms with Gasteiger partial charge in [0.05, 0.1) is 6.42 Å². The third-order valence-electron chi connectivity index (χ3n) is 2.86. The minimum atomic E-state index is -0.0806. The molecule has 0 aliphatic carbocycles. The predicted octanol–water partition coefficient (Wildman–Crippen LogP) is 2.12. The van der Waals surface area contributed by atoms with Crippen molar-refractivity contribution in [1.29, 1.82) is 0 Å². The number of nitrogens with two attached hydrogens (primary N) is 1. The summed E-state index contributed by atoms with van der Waals surface area (Å²) in [5, 5.41) is 4.13. The minimum Gasteiger partial charge on any atom is -0.327 e. The summed E-state index contributed by atoms with van der Waals surface area (Å²) in [5.41, 5.74) is 6.17. The summed E-state index contributed by atoms with van der Waals surface area (Å²) in [6.07, 6.45) is 3.06. The Balaban J connectivity index is 2.54. The van der Waals surface area contributed by atoms with Crippen molar-refractivity contribution in [2.75, 3.05) is 0 Å². The van der Waals surface area contributed by atoms with Crippen LogP contribution in [0.15, 0.2) is 6.33 Å². The number of rotatable bonds is 6. The van der Waals surface area contributed by atoms with Crippen LogP contribution in [0.2, 0.25) is 0 Å². The quantitative estimate of drug-likeness (QED) is 0.856. The van der Waals surface area contributed by atoms with Crippen LogP contribution >= 0.6 is 0 Å². The Kier molecular flexibility index (Phi) is 5.23. The highest BCUT2D eigenvalue weighted by Crippen LogP contribution is 2.21. The molecule has 1 heterocycles. The first-order valence-corrected chi connectivity index (χ1v) is 6.84. The second-order valence-electron chi connectivity index (χ2n) is 6.66. The van der Waals surface area contributed by atoms with Crippen molar-refractivity contribution in [3.8, 4) is 0 Å². The van der Waals surface area contributed by atoms with Crippen LogP contribution in [-0.4, -0.2) is 26.6 Å². The van der Waals surface area contributed by atoms with E-state index in [9.17, 15) is 4.79 Å². The lowest BCUT2D eigenvalue weighted by atomic mass is 9.86. The third kappa shape index (κ3) is 5.51. The van der Waals surface area contributed by atoms with E-state index in [4.69, 9.17) is 5.73 Å². The second kappa shape index (κ2) is 6.28. The van der Waals surface area contributed by atoms with Crippen molar-refractivity contribution >= 4 is 5.78 Å². The Morgan fingerprint density at radius 3 is 2.58 bits per heavy atom. The Hall–Kier alpha value is -1.23. The van der Waals surface area contributed by atoms with Crippen molar-refractivity contribution < 1.29 is 4.79 Å². The average molecular weight is 266 g/mol. The van der Waals surface area contributed by atoms with Gasteiger partial charge in [0.2, 0.25) is 0 Å². The molecule has 0 bridgehead atoms. The van der Waals surface area contributed by atoms with E-state index in [1.807, 2.05) is 13.8 Å². The van der Waals surface area contributed by atoms with Crippen LogP contribution in [0.4, 0.5) is 0 Å². The molecule has 0 saturated heterocycles. The molecule has 0 radical (unpaired) electrons. The molecule has 1 unspecified atom stereocenters. The van der Waals surface area contributed by atoms with Crippen LogP contribution in [0, 0.1) is 5.41 Å². The van der Waals surface area contributed by atoms with Gasteiger partial charge >= 0.3 is 0 Å². The summed E-state index contributed by atoms with van der Waals surface area (Å²) >= 11 is 0. The maximum atomic E-state index is 12.0. The summed E-state index contributed by atoms with van der Waals surface area (Å²) in [7, 11) is 0. The van der Waals surface area contributed by atoms with Crippen molar-refractivity contribution in [3.05, 3.63) is 12.2 Å². The van der Waals surface area contributed by atoms with Gasteiger partial charge in [-0.3, -0.25) is 4.79 Å². The SMILES string of the molecule is CC(C)n1ncnc1CC(=O)CC(N)CC(C)(C)C. The molecule has 1 aromatic rings. The fraction of sp³-hybridized carbons (Fsp3) is 0.786. The molecule has 0 amide bonds. The first kappa shape index (κ1) is 15.8. The normalized spacial score (nSPS) is 13.8. The van der Waals surface area contributed by atoms with E-state index in [0.29, 0.717) is 12.8 Å². The van der Waals surface area contributed by atoms with Gasteiger partial charge in [0.1, 0.15) is 17.9 Å². The monoisotopic (exact) mass is 266 g/mol. The Labute approximate surface area is 115 Å². The van der Waals surface area contributed by atoms with Gasteiger partial charge in [-0.2, -0.15) is 5.10 Å². The maximum absolute atomic E-state index is 12.0. The van der Waals surface area contributed by atoms with Crippen LogP contribution in [-0.2, 0) is 11.2 Å². The van der Waals surface area contributed by atoms with Crippen molar-refractivity contribution in [2.45, 2.75) is 66.0 Å². The average Bonchev–Trinajstić information content (AvgIpc) is 2.61. The standard InChI is InChI=1S/C14H26N4O/c1-10(2)18-13(16-9-17-18)7-12(19)6-11(15)8-14(3,4)5/h9-11H,6-8,15H2,1-5H3. The van der Waals surface area contributed by atoms with E-state index in [-0.39, 0.29) is 23.3 Å². The number of nitrogens with zero attached hydrogens (tertiary/aromatic N) is 3. The molecule has 5 heteroatoms. The largest absolute Gasteiger partial charge is 0.327 e. The fourth-order valence-electron chi connectivity index (χ4n) is 2.23.